The molecule has 2 rings (SSSR count). The smallest absolute Gasteiger partial charge is 0.123 e. The molecule has 4 heteroatoms. The molecular formula is C17H27FN2O. The van der Waals surface area contributed by atoms with Crippen molar-refractivity contribution in [3.63, 3.8) is 0 Å². The van der Waals surface area contributed by atoms with Crippen molar-refractivity contribution in [2.24, 2.45) is 5.92 Å². The Balaban J connectivity index is 1.73. The predicted molar refractivity (Wildman–Crippen MR) is 84.2 cm³/mol. The minimum atomic E-state index is -0.230. The summed E-state index contributed by atoms with van der Waals surface area (Å²) in [5.74, 6) is 1.19. The summed E-state index contributed by atoms with van der Waals surface area (Å²) in [6.07, 6.45) is 1.26. The monoisotopic (exact) mass is 294 g/mol. The maximum atomic E-state index is 12.8. The largest absolute Gasteiger partial charge is 0.492 e. The average Bonchev–Trinajstić information content (AvgIpc) is 2.68. The summed E-state index contributed by atoms with van der Waals surface area (Å²) in [4.78, 5) is 4.77. The fraction of sp³-hybridized carbons (Fsp3) is 0.647. The number of rotatable bonds is 6. The van der Waals surface area contributed by atoms with Crippen LogP contribution in [0.25, 0.3) is 0 Å². The van der Waals surface area contributed by atoms with Crippen LogP contribution in [-0.4, -0.2) is 55.7 Å². The quantitative estimate of drug-likeness (QED) is 0.802. The van der Waals surface area contributed by atoms with Crippen LogP contribution in [0.1, 0.15) is 20.3 Å². The molecule has 1 aliphatic heterocycles. The Kier molecular flexibility index (Phi) is 5.22. The van der Waals surface area contributed by atoms with Crippen LogP contribution in [0.15, 0.2) is 24.3 Å². The van der Waals surface area contributed by atoms with E-state index in [0.29, 0.717) is 12.5 Å². The summed E-state index contributed by atoms with van der Waals surface area (Å²) in [6, 6.07) is 6.20. The molecule has 1 atom stereocenters. The number of hydrogen-bond acceptors (Lipinski definition) is 3. The van der Waals surface area contributed by atoms with Crippen LogP contribution in [-0.2, 0) is 0 Å². The normalized spacial score (nSPS) is 21.9. The van der Waals surface area contributed by atoms with E-state index in [0.717, 1.165) is 18.8 Å². The van der Waals surface area contributed by atoms with Crippen molar-refractivity contribution in [1.82, 2.24) is 9.80 Å². The van der Waals surface area contributed by atoms with Crippen LogP contribution >= 0.6 is 0 Å². The molecular weight excluding hydrogens is 267 g/mol. The van der Waals surface area contributed by atoms with Gasteiger partial charge in [-0.2, -0.15) is 0 Å². The minimum Gasteiger partial charge on any atom is -0.492 e. The zero-order valence-corrected chi connectivity index (χ0v) is 13.6. The zero-order valence-electron chi connectivity index (χ0n) is 13.6. The Morgan fingerprint density at radius 2 is 2.00 bits per heavy atom. The molecule has 1 fully saturated rings. The maximum Gasteiger partial charge on any atom is 0.123 e. The standard InChI is InChI=1S/C17H27FN2O/c1-17(2)14(9-10-20(17)4)13-19(3)11-12-21-16-7-5-15(18)6-8-16/h5-8,14H,9-13H2,1-4H3/t14-/m1/s1. The number of ether oxygens (including phenoxy) is 1. The number of likely N-dealkylation sites (tertiary alicyclic amines) is 1. The number of halogens is 1. The first kappa shape index (κ1) is 16.2. The third kappa shape index (κ3) is 4.17. The number of likely N-dealkylation sites (N-methyl/N-ethyl adjacent to an activating group) is 1. The van der Waals surface area contributed by atoms with Gasteiger partial charge in [0, 0.05) is 18.6 Å². The third-order valence-electron chi connectivity index (χ3n) is 4.88. The lowest BCUT2D eigenvalue weighted by Crippen LogP contribution is -2.44. The first-order valence-electron chi connectivity index (χ1n) is 7.68. The van der Waals surface area contributed by atoms with E-state index in [9.17, 15) is 4.39 Å². The summed E-state index contributed by atoms with van der Waals surface area (Å²) in [5.41, 5.74) is 0.270. The van der Waals surface area contributed by atoms with Crippen LogP contribution in [0.5, 0.6) is 5.75 Å². The molecule has 1 aromatic rings. The van der Waals surface area contributed by atoms with Crippen LogP contribution < -0.4 is 4.74 Å². The molecule has 0 saturated carbocycles. The zero-order chi connectivity index (χ0) is 15.5. The molecule has 1 heterocycles. The van der Waals surface area contributed by atoms with Crippen molar-refractivity contribution in [2.75, 3.05) is 40.3 Å². The Labute approximate surface area is 127 Å². The van der Waals surface area contributed by atoms with E-state index < -0.39 is 0 Å². The minimum absolute atomic E-state index is 0.230. The second-order valence-corrected chi connectivity index (χ2v) is 6.63. The highest BCUT2D eigenvalue weighted by atomic mass is 19.1. The lowest BCUT2D eigenvalue weighted by Gasteiger charge is -2.35. The van der Waals surface area contributed by atoms with Crippen molar-refractivity contribution in [2.45, 2.75) is 25.8 Å². The molecule has 21 heavy (non-hydrogen) atoms. The molecule has 1 saturated heterocycles. The van der Waals surface area contributed by atoms with E-state index in [1.807, 2.05) is 0 Å². The van der Waals surface area contributed by atoms with Crippen molar-refractivity contribution in [1.29, 1.82) is 0 Å². The van der Waals surface area contributed by atoms with E-state index in [4.69, 9.17) is 4.74 Å². The first-order valence-corrected chi connectivity index (χ1v) is 7.68. The molecule has 0 unspecified atom stereocenters. The summed E-state index contributed by atoms with van der Waals surface area (Å²) < 4.78 is 18.5. The van der Waals surface area contributed by atoms with Gasteiger partial charge in [-0.1, -0.05) is 0 Å². The van der Waals surface area contributed by atoms with Crippen molar-refractivity contribution in [3.05, 3.63) is 30.1 Å². The molecule has 0 aromatic heterocycles. The Bertz CT molecular complexity index is 447. The number of nitrogens with zero attached hydrogens (tertiary/aromatic N) is 2. The van der Waals surface area contributed by atoms with Gasteiger partial charge in [0.2, 0.25) is 0 Å². The van der Waals surface area contributed by atoms with Gasteiger partial charge in [0.05, 0.1) is 0 Å². The molecule has 0 radical (unpaired) electrons. The third-order valence-corrected chi connectivity index (χ3v) is 4.88. The van der Waals surface area contributed by atoms with Crippen LogP contribution in [0.4, 0.5) is 4.39 Å². The van der Waals surface area contributed by atoms with Crippen molar-refractivity contribution >= 4 is 0 Å². The van der Waals surface area contributed by atoms with E-state index in [2.05, 4.69) is 37.7 Å². The first-order chi connectivity index (χ1) is 9.89. The van der Waals surface area contributed by atoms with Crippen LogP contribution in [0, 0.1) is 11.7 Å². The Morgan fingerprint density at radius 3 is 2.57 bits per heavy atom. The van der Waals surface area contributed by atoms with E-state index in [-0.39, 0.29) is 11.4 Å². The number of hydrogen-bond donors (Lipinski definition) is 0. The predicted octanol–water partition coefficient (Wildman–Crippen LogP) is 2.87. The lowest BCUT2D eigenvalue weighted by molar-refractivity contribution is 0.134. The second-order valence-electron chi connectivity index (χ2n) is 6.63. The highest BCUT2D eigenvalue weighted by Crippen LogP contribution is 2.33. The van der Waals surface area contributed by atoms with Gasteiger partial charge in [0.25, 0.3) is 0 Å². The van der Waals surface area contributed by atoms with Crippen molar-refractivity contribution < 1.29 is 9.13 Å². The van der Waals surface area contributed by atoms with Gasteiger partial charge in [-0.25, -0.2) is 4.39 Å². The summed E-state index contributed by atoms with van der Waals surface area (Å²) in [6.45, 7) is 8.43. The van der Waals surface area contributed by atoms with Gasteiger partial charge in [-0.05, 0) is 71.1 Å². The topological polar surface area (TPSA) is 15.7 Å². The molecule has 1 aliphatic rings. The molecule has 0 bridgehead atoms. The maximum absolute atomic E-state index is 12.8. The van der Waals surface area contributed by atoms with Gasteiger partial charge in [-0.15, -0.1) is 0 Å². The highest BCUT2D eigenvalue weighted by molar-refractivity contribution is 5.21. The van der Waals surface area contributed by atoms with Crippen LogP contribution in [0.2, 0.25) is 0 Å². The Morgan fingerprint density at radius 1 is 1.33 bits per heavy atom. The molecule has 0 amide bonds. The summed E-state index contributed by atoms with van der Waals surface area (Å²) in [5, 5.41) is 0. The molecule has 1 aromatic carbocycles. The molecule has 0 N–H and O–H groups in total. The second kappa shape index (κ2) is 6.75. The molecule has 3 nitrogen and oxygen atoms in total. The molecule has 0 spiro atoms. The van der Waals surface area contributed by atoms with E-state index in [1.54, 1.807) is 12.1 Å². The van der Waals surface area contributed by atoms with Gasteiger partial charge in [0.15, 0.2) is 0 Å². The SMILES string of the molecule is CN(CCOc1ccc(F)cc1)C[C@H]1CCN(C)C1(C)C. The lowest BCUT2D eigenvalue weighted by atomic mass is 9.88. The van der Waals surface area contributed by atoms with E-state index in [1.165, 1.54) is 25.1 Å². The van der Waals surface area contributed by atoms with Gasteiger partial charge in [0.1, 0.15) is 18.2 Å². The molecule has 118 valence electrons. The Hall–Kier alpha value is -1.13. The summed E-state index contributed by atoms with van der Waals surface area (Å²) in [7, 11) is 4.35. The van der Waals surface area contributed by atoms with Gasteiger partial charge in [-0.3, -0.25) is 0 Å². The number of benzene rings is 1. The average molecular weight is 294 g/mol. The van der Waals surface area contributed by atoms with E-state index >= 15 is 0 Å². The fourth-order valence-corrected chi connectivity index (χ4v) is 2.93. The fourth-order valence-electron chi connectivity index (χ4n) is 2.93. The molecule has 0 aliphatic carbocycles. The van der Waals surface area contributed by atoms with Gasteiger partial charge < -0.3 is 14.5 Å². The highest BCUT2D eigenvalue weighted by Gasteiger charge is 2.39. The van der Waals surface area contributed by atoms with Crippen molar-refractivity contribution in [3.8, 4) is 5.75 Å². The van der Waals surface area contributed by atoms with Crippen LogP contribution in [0.3, 0.4) is 0 Å². The van der Waals surface area contributed by atoms with Gasteiger partial charge >= 0.3 is 0 Å². The summed E-state index contributed by atoms with van der Waals surface area (Å²) >= 11 is 0.